The van der Waals surface area contributed by atoms with E-state index in [0.717, 1.165) is 31.7 Å². The van der Waals surface area contributed by atoms with E-state index in [9.17, 15) is 4.79 Å². The Balaban J connectivity index is 0.00000220. The largest absolute Gasteiger partial charge is 0.337 e. The summed E-state index contributed by atoms with van der Waals surface area (Å²) in [5, 5.41) is 3.87. The van der Waals surface area contributed by atoms with E-state index < -0.39 is 0 Å². The van der Waals surface area contributed by atoms with Crippen LogP contribution >= 0.6 is 24.0 Å². The van der Waals surface area contributed by atoms with Gasteiger partial charge in [0.05, 0.1) is 5.92 Å². The number of hydrogen-bond acceptors (Lipinski definition) is 3. The first-order valence-electron chi connectivity index (χ1n) is 6.95. The number of carbonyl (C=O) groups is 1. The van der Waals surface area contributed by atoms with E-state index in [0.29, 0.717) is 11.6 Å². The molecule has 0 saturated carbocycles. The van der Waals surface area contributed by atoms with E-state index >= 15 is 0 Å². The van der Waals surface area contributed by atoms with Crippen LogP contribution in [0.3, 0.4) is 0 Å². The topological polar surface area (TPSA) is 35.6 Å². The average Bonchev–Trinajstić information content (AvgIpc) is 2.32. The standard InChI is InChI=1S/C15H22ClN3O.ClH/c1-18(2)6-7-19(15(20)13-9-17-10-13)11-12-4-3-5-14(16)8-12;/h3-5,8,13,17H,6-7,9-11H2,1-2H3;1H. The fourth-order valence-corrected chi connectivity index (χ4v) is 2.38. The summed E-state index contributed by atoms with van der Waals surface area (Å²) in [6, 6.07) is 7.72. The van der Waals surface area contributed by atoms with Gasteiger partial charge in [-0.25, -0.2) is 0 Å². The Bertz CT molecular complexity index is 464. The molecule has 1 fully saturated rings. The Morgan fingerprint density at radius 2 is 2.05 bits per heavy atom. The zero-order valence-corrected chi connectivity index (χ0v) is 14.1. The molecule has 1 aromatic carbocycles. The first-order chi connectivity index (χ1) is 9.56. The van der Waals surface area contributed by atoms with Gasteiger partial charge in [-0.15, -0.1) is 12.4 Å². The lowest BCUT2D eigenvalue weighted by atomic mass is 10.0. The highest BCUT2D eigenvalue weighted by atomic mass is 35.5. The average molecular weight is 332 g/mol. The zero-order chi connectivity index (χ0) is 14.5. The van der Waals surface area contributed by atoms with E-state index in [-0.39, 0.29) is 24.2 Å². The van der Waals surface area contributed by atoms with Gasteiger partial charge in [-0.1, -0.05) is 23.7 Å². The first kappa shape index (κ1) is 18.2. The van der Waals surface area contributed by atoms with Crippen LogP contribution in [0, 0.1) is 5.92 Å². The number of nitrogens with zero attached hydrogens (tertiary/aromatic N) is 2. The molecule has 1 aliphatic heterocycles. The van der Waals surface area contributed by atoms with Crippen molar-refractivity contribution in [2.24, 2.45) is 5.92 Å². The second-order valence-electron chi connectivity index (χ2n) is 5.55. The highest BCUT2D eigenvalue weighted by Gasteiger charge is 2.29. The number of rotatable bonds is 6. The van der Waals surface area contributed by atoms with Crippen molar-refractivity contribution in [2.75, 3.05) is 40.3 Å². The third-order valence-electron chi connectivity index (χ3n) is 3.52. The molecule has 118 valence electrons. The minimum atomic E-state index is 0. The molecule has 0 spiro atoms. The van der Waals surface area contributed by atoms with E-state index in [4.69, 9.17) is 11.6 Å². The van der Waals surface area contributed by atoms with Crippen molar-refractivity contribution < 1.29 is 4.79 Å². The van der Waals surface area contributed by atoms with Gasteiger partial charge in [0.15, 0.2) is 0 Å². The smallest absolute Gasteiger partial charge is 0.228 e. The Morgan fingerprint density at radius 3 is 2.57 bits per heavy atom. The van der Waals surface area contributed by atoms with Gasteiger partial charge >= 0.3 is 0 Å². The van der Waals surface area contributed by atoms with Gasteiger partial charge < -0.3 is 15.1 Å². The van der Waals surface area contributed by atoms with Crippen LogP contribution in [0.4, 0.5) is 0 Å². The fourth-order valence-electron chi connectivity index (χ4n) is 2.17. The maximum Gasteiger partial charge on any atom is 0.228 e. The van der Waals surface area contributed by atoms with Crippen molar-refractivity contribution in [1.82, 2.24) is 15.1 Å². The predicted octanol–water partition coefficient (Wildman–Crippen LogP) is 1.87. The van der Waals surface area contributed by atoms with Crippen LogP contribution in [0.5, 0.6) is 0 Å². The van der Waals surface area contributed by atoms with Crippen molar-refractivity contribution in [3.05, 3.63) is 34.9 Å². The molecule has 1 aromatic rings. The molecule has 1 N–H and O–H groups in total. The minimum absolute atomic E-state index is 0. The van der Waals surface area contributed by atoms with Gasteiger partial charge in [-0.3, -0.25) is 4.79 Å². The van der Waals surface area contributed by atoms with Gasteiger partial charge in [-0.05, 0) is 31.8 Å². The highest BCUT2D eigenvalue weighted by molar-refractivity contribution is 6.30. The molecule has 0 aliphatic carbocycles. The summed E-state index contributed by atoms with van der Waals surface area (Å²) in [4.78, 5) is 16.5. The van der Waals surface area contributed by atoms with Gasteiger partial charge in [0.1, 0.15) is 0 Å². The second-order valence-corrected chi connectivity index (χ2v) is 5.98. The molecule has 2 rings (SSSR count). The van der Waals surface area contributed by atoms with Crippen molar-refractivity contribution in [2.45, 2.75) is 6.54 Å². The van der Waals surface area contributed by atoms with Gasteiger partial charge in [0.2, 0.25) is 5.91 Å². The third kappa shape index (κ3) is 5.47. The monoisotopic (exact) mass is 331 g/mol. The van der Waals surface area contributed by atoms with Crippen molar-refractivity contribution >= 4 is 29.9 Å². The Labute approximate surface area is 137 Å². The molecule has 1 saturated heterocycles. The van der Waals surface area contributed by atoms with Gasteiger partial charge in [-0.2, -0.15) is 0 Å². The lowest BCUT2D eigenvalue weighted by Crippen LogP contribution is -2.52. The number of benzene rings is 1. The number of likely N-dealkylation sites (N-methyl/N-ethyl adjacent to an activating group) is 1. The molecule has 0 unspecified atom stereocenters. The van der Waals surface area contributed by atoms with Crippen LogP contribution < -0.4 is 5.32 Å². The summed E-state index contributed by atoms with van der Waals surface area (Å²) in [6.45, 7) is 3.84. The van der Waals surface area contributed by atoms with E-state index in [1.807, 2.05) is 43.3 Å². The van der Waals surface area contributed by atoms with Crippen LogP contribution in [0.15, 0.2) is 24.3 Å². The number of carbonyl (C=O) groups excluding carboxylic acids is 1. The molecule has 0 aromatic heterocycles. The molecule has 1 amide bonds. The third-order valence-corrected chi connectivity index (χ3v) is 3.76. The summed E-state index contributed by atoms with van der Waals surface area (Å²) >= 11 is 6.01. The molecule has 1 heterocycles. The van der Waals surface area contributed by atoms with Crippen molar-refractivity contribution in [3.8, 4) is 0 Å². The maximum absolute atomic E-state index is 12.5. The SMILES string of the molecule is CN(C)CCN(Cc1cccc(Cl)c1)C(=O)C1CNC1.Cl. The van der Waals surface area contributed by atoms with Crippen LogP contribution in [0.1, 0.15) is 5.56 Å². The van der Waals surface area contributed by atoms with Crippen LogP contribution in [-0.2, 0) is 11.3 Å². The number of amides is 1. The number of hydrogen-bond donors (Lipinski definition) is 1. The molecule has 6 heteroatoms. The Kier molecular flexibility index (Phi) is 7.46. The van der Waals surface area contributed by atoms with E-state index in [1.54, 1.807) is 0 Å². The zero-order valence-electron chi connectivity index (χ0n) is 12.5. The molecule has 21 heavy (non-hydrogen) atoms. The van der Waals surface area contributed by atoms with Crippen LogP contribution in [0.2, 0.25) is 5.02 Å². The molecular weight excluding hydrogens is 309 g/mol. The van der Waals surface area contributed by atoms with Crippen molar-refractivity contribution in [1.29, 1.82) is 0 Å². The summed E-state index contributed by atoms with van der Waals surface area (Å²) in [6.07, 6.45) is 0. The van der Waals surface area contributed by atoms with Crippen LogP contribution in [0.25, 0.3) is 0 Å². The normalized spacial score (nSPS) is 14.5. The summed E-state index contributed by atoms with van der Waals surface area (Å²) in [5.74, 6) is 0.377. The minimum Gasteiger partial charge on any atom is -0.337 e. The van der Waals surface area contributed by atoms with E-state index in [2.05, 4.69) is 10.2 Å². The van der Waals surface area contributed by atoms with Crippen LogP contribution in [-0.4, -0.2) is 56.0 Å². The maximum atomic E-state index is 12.5. The molecule has 1 aliphatic rings. The molecule has 0 radical (unpaired) electrons. The summed E-state index contributed by atoms with van der Waals surface area (Å²) < 4.78 is 0. The molecule has 0 bridgehead atoms. The number of halogens is 2. The van der Waals surface area contributed by atoms with Crippen molar-refractivity contribution in [3.63, 3.8) is 0 Å². The molecular formula is C15H23Cl2N3O. The predicted molar refractivity (Wildman–Crippen MR) is 89.0 cm³/mol. The molecule has 4 nitrogen and oxygen atoms in total. The highest BCUT2D eigenvalue weighted by Crippen LogP contribution is 2.15. The lowest BCUT2D eigenvalue weighted by molar-refractivity contribution is -0.137. The second kappa shape index (κ2) is 8.59. The van der Waals surface area contributed by atoms with E-state index in [1.165, 1.54) is 0 Å². The fraction of sp³-hybridized carbons (Fsp3) is 0.533. The van der Waals surface area contributed by atoms with Gasteiger partial charge in [0.25, 0.3) is 0 Å². The first-order valence-corrected chi connectivity index (χ1v) is 7.32. The molecule has 0 atom stereocenters. The Morgan fingerprint density at radius 1 is 1.33 bits per heavy atom. The summed E-state index contributed by atoms with van der Waals surface area (Å²) in [7, 11) is 4.04. The number of nitrogens with one attached hydrogen (secondary N) is 1. The summed E-state index contributed by atoms with van der Waals surface area (Å²) in [5.41, 5.74) is 1.08. The quantitative estimate of drug-likeness (QED) is 0.864. The Hall–Kier alpha value is -0.810. The lowest BCUT2D eigenvalue weighted by Gasteiger charge is -2.33. The van der Waals surface area contributed by atoms with Gasteiger partial charge in [0, 0.05) is 37.7 Å².